The van der Waals surface area contributed by atoms with Crippen molar-refractivity contribution in [1.29, 1.82) is 0 Å². The highest BCUT2D eigenvalue weighted by molar-refractivity contribution is 5.85. The third-order valence-corrected chi connectivity index (χ3v) is 3.46. The average Bonchev–Trinajstić information content (AvgIpc) is 2.66. The van der Waals surface area contributed by atoms with E-state index in [1.165, 1.54) is 22.2 Å². The fourth-order valence-electron chi connectivity index (χ4n) is 2.59. The monoisotopic (exact) mass is 230 g/mol. The van der Waals surface area contributed by atoms with Crippen molar-refractivity contribution in [2.75, 3.05) is 13.2 Å². The third-order valence-electron chi connectivity index (χ3n) is 3.46. The fourth-order valence-corrected chi connectivity index (χ4v) is 2.59. The lowest BCUT2D eigenvalue weighted by atomic mass is 10.0. The first kappa shape index (κ1) is 10.8. The van der Waals surface area contributed by atoms with Crippen molar-refractivity contribution in [3.8, 4) is 0 Å². The predicted molar refractivity (Wildman–Crippen MR) is 69.2 cm³/mol. The first-order valence-corrected chi connectivity index (χ1v) is 6.18. The van der Waals surface area contributed by atoms with Gasteiger partial charge < -0.3 is 15.0 Å². The molecule has 90 valence electrons. The molecule has 0 spiro atoms. The molecule has 1 saturated heterocycles. The number of hydrogen-bond donors (Lipinski definition) is 2. The molecule has 2 N–H and O–H groups in total. The van der Waals surface area contributed by atoms with E-state index >= 15 is 0 Å². The lowest BCUT2D eigenvalue weighted by Crippen LogP contribution is -2.40. The number of hydrogen-bond acceptors (Lipinski definition) is 2. The van der Waals surface area contributed by atoms with Crippen LogP contribution in [0.25, 0.3) is 10.9 Å². The van der Waals surface area contributed by atoms with Gasteiger partial charge in [0.05, 0.1) is 12.7 Å². The second kappa shape index (κ2) is 4.17. The number of ether oxygens (including phenoxy) is 1. The summed E-state index contributed by atoms with van der Waals surface area (Å²) in [6, 6.07) is 8.87. The Hall–Kier alpha value is -1.32. The molecule has 2 heterocycles. The van der Waals surface area contributed by atoms with Crippen LogP contribution in [-0.2, 0) is 4.74 Å². The molecule has 0 saturated carbocycles. The molecule has 2 unspecified atom stereocenters. The van der Waals surface area contributed by atoms with E-state index in [0.29, 0.717) is 6.04 Å². The molecule has 17 heavy (non-hydrogen) atoms. The van der Waals surface area contributed by atoms with Crippen LogP contribution in [0, 0.1) is 6.92 Å². The Labute approximate surface area is 101 Å². The lowest BCUT2D eigenvalue weighted by molar-refractivity contribution is 0.00744. The van der Waals surface area contributed by atoms with Crippen molar-refractivity contribution in [1.82, 2.24) is 10.3 Å². The molecule has 0 radical (unpaired) electrons. The summed E-state index contributed by atoms with van der Waals surface area (Å²) < 4.78 is 5.94. The molecule has 2 atom stereocenters. The van der Waals surface area contributed by atoms with E-state index in [0.717, 1.165) is 13.2 Å². The normalized spacial score (nSPS) is 25.3. The molecule has 2 aromatic rings. The van der Waals surface area contributed by atoms with Gasteiger partial charge in [0.25, 0.3) is 0 Å². The van der Waals surface area contributed by atoms with Gasteiger partial charge in [-0.25, -0.2) is 0 Å². The van der Waals surface area contributed by atoms with Crippen LogP contribution in [0.3, 0.4) is 0 Å². The van der Waals surface area contributed by atoms with Crippen LogP contribution < -0.4 is 5.32 Å². The summed E-state index contributed by atoms with van der Waals surface area (Å²) in [6.07, 6.45) is 0.169. The summed E-state index contributed by atoms with van der Waals surface area (Å²) in [5.41, 5.74) is 3.72. The summed E-state index contributed by atoms with van der Waals surface area (Å²) in [6.45, 7) is 5.95. The smallest absolute Gasteiger partial charge is 0.0973 e. The maximum absolute atomic E-state index is 5.94. The Morgan fingerprint density at radius 3 is 2.88 bits per heavy atom. The maximum atomic E-state index is 5.94. The van der Waals surface area contributed by atoms with Gasteiger partial charge in [0.2, 0.25) is 0 Å². The Balaban J connectivity index is 2.02. The molecule has 1 aliphatic rings. The second-order valence-electron chi connectivity index (χ2n) is 4.84. The van der Waals surface area contributed by atoms with Crippen molar-refractivity contribution in [3.05, 3.63) is 35.5 Å². The fraction of sp³-hybridized carbons (Fsp3) is 0.429. The first-order valence-electron chi connectivity index (χ1n) is 6.18. The van der Waals surface area contributed by atoms with Crippen LogP contribution in [-0.4, -0.2) is 24.2 Å². The number of benzene rings is 1. The number of aryl methyl sites for hydroxylation is 1. The van der Waals surface area contributed by atoms with E-state index in [9.17, 15) is 0 Å². The predicted octanol–water partition coefficient (Wildman–Crippen LogP) is 2.53. The average molecular weight is 230 g/mol. The summed E-state index contributed by atoms with van der Waals surface area (Å²) in [4.78, 5) is 3.43. The van der Waals surface area contributed by atoms with E-state index in [-0.39, 0.29) is 6.10 Å². The second-order valence-corrected chi connectivity index (χ2v) is 4.84. The first-order chi connectivity index (χ1) is 8.25. The molecule has 0 bridgehead atoms. The van der Waals surface area contributed by atoms with Gasteiger partial charge in [-0.15, -0.1) is 0 Å². The van der Waals surface area contributed by atoms with E-state index in [1.54, 1.807) is 0 Å². The minimum Gasteiger partial charge on any atom is -0.370 e. The largest absolute Gasteiger partial charge is 0.370 e. The summed E-state index contributed by atoms with van der Waals surface area (Å²) in [7, 11) is 0. The molecule has 1 fully saturated rings. The minimum absolute atomic E-state index is 0.169. The molecule has 3 heteroatoms. The molecule has 3 rings (SSSR count). The number of para-hydroxylation sites is 1. The van der Waals surface area contributed by atoms with Gasteiger partial charge in [-0.1, -0.05) is 18.2 Å². The lowest BCUT2D eigenvalue weighted by Gasteiger charge is -2.28. The Bertz CT molecular complexity index is 524. The summed E-state index contributed by atoms with van der Waals surface area (Å²) in [5.74, 6) is 0. The van der Waals surface area contributed by atoms with Crippen LogP contribution in [0.1, 0.15) is 24.3 Å². The van der Waals surface area contributed by atoms with Gasteiger partial charge in [-0.3, -0.25) is 0 Å². The topological polar surface area (TPSA) is 37.0 Å². The van der Waals surface area contributed by atoms with Crippen molar-refractivity contribution < 1.29 is 4.74 Å². The van der Waals surface area contributed by atoms with Gasteiger partial charge in [-0.05, 0) is 19.9 Å². The zero-order valence-corrected chi connectivity index (χ0v) is 10.3. The van der Waals surface area contributed by atoms with Gasteiger partial charge in [-0.2, -0.15) is 0 Å². The van der Waals surface area contributed by atoms with Gasteiger partial charge in [0.1, 0.15) is 0 Å². The zero-order valence-electron chi connectivity index (χ0n) is 10.3. The van der Waals surface area contributed by atoms with Crippen LogP contribution in [0.5, 0.6) is 0 Å². The van der Waals surface area contributed by atoms with E-state index in [4.69, 9.17) is 4.74 Å². The zero-order chi connectivity index (χ0) is 11.8. The van der Waals surface area contributed by atoms with Crippen molar-refractivity contribution in [3.63, 3.8) is 0 Å². The highest BCUT2D eigenvalue weighted by Gasteiger charge is 2.23. The highest BCUT2D eigenvalue weighted by Crippen LogP contribution is 2.30. The molecule has 0 aliphatic carbocycles. The summed E-state index contributed by atoms with van der Waals surface area (Å²) in [5, 5.41) is 4.76. The SMILES string of the molecule is Cc1[nH]c2ccccc2c1C1CNC(C)CO1. The highest BCUT2D eigenvalue weighted by atomic mass is 16.5. The van der Waals surface area contributed by atoms with Crippen LogP contribution in [0.15, 0.2) is 24.3 Å². The molecule has 0 amide bonds. The Morgan fingerprint density at radius 2 is 2.12 bits per heavy atom. The van der Waals surface area contributed by atoms with E-state index in [1.807, 2.05) is 0 Å². The van der Waals surface area contributed by atoms with E-state index < -0.39 is 0 Å². The number of fused-ring (bicyclic) bond motifs is 1. The molecule has 1 aromatic heterocycles. The number of aromatic nitrogens is 1. The van der Waals surface area contributed by atoms with Crippen LogP contribution in [0.4, 0.5) is 0 Å². The number of aromatic amines is 1. The van der Waals surface area contributed by atoms with Crippen molar-refractivity contribution in [2.45, 2.75) is 26.0 Å². The van der Waals surface area contributed by atoms with Gasteiger partial charge in [0, 0.05) is 34.7 Å². The van der Waals surface area contributed by atoms with Gasteiger partial charge in [0.15, 0.2) is 0 Å². The van der Waals surface area contributed by atoms with Gasteiger partial charge >= 0.3 is 0 Å². The third kappa shape index (κ3) is 1.85. The minimum atomic E-state index is 0.169. The maximum Gasteiger partial charge on any atom is 0.0973 e. The molecular weight excluding hydrogens is 212 g/mol. The Kier molecular flexibility index (Phi) is 2.65. The molecule has 3 nitrogen and oxygen atoms in total. The standard InChI is InChI=1S/C14H18N2O/c1-9-8-17-13(7-15-9)14-10(2)16-12-6-4-3-5-11(12)14/h3-6,9,13,15-16H,7-8H2,1-2H3. The van der Waals surface area contributed by atoms with Crippen LogP contribution in [0.2, 0.25) is 0 Å². The van der Waals surface area contributed by atoms with Crippen molar-refractivity contribution >= 4 is 10.9 Å². The number of H-pyrrole nitrogens is 1. The number of morpholine rings is 1. The quantitative estimate of drug-likeness (QED) is 0.790. The Morgan fingerprint density at radius 1 is 1.29 bits per heavy atom. The molecule has 1 aliphatic heterocycles. The van der Waals surface area contributed by atoms with E-state index in [2.05, 4.69) is 48.4 Å². The summed E-state index contributed by atoms with van der Waals surface area (Å²) >= 11 is 0. The molecule has 1 aromatic carbocycles. The number of rotatable bonds is 1. The molecular formula is C14H18N2O. The van der Waals surface area contributed by atoms with Crippen molar-refractivity contribution in [2.24, 2.45) is 0 Å². The number of nitrogens with one attached hydrogen (secondary N) is 2. The van der Waals surface area contributed by atoms with Crippen LogP contribution >= 0.6 is 0 Å².